The van der Waals surface area contributed by atoms with Crippen molar-refractivity contribution in [3.63, 3.8) is 0 Å². The second kappa shape index (κ2) is 6.74. The van der Waals surface area contributed by atoms with Gasteiger partial charge >= 0.3 is 0 Å². The summed E-state index contributed by atoms with van der Waals surface area (Å²) in [5.74, 6) is 0. The van der Waals surface area contributed by atoms with Crippen molar-refractivity contribution in [2.24, 2.45) is 5.73 Å². The summed E-state index contributed by atoms with van der Waals surface area (Å²) in [4.78, 5) is 2.35. The molecule has 0 aromatic heterocycles. The Bertz CT molecular complexity index is 368. The van der Waals surface area contributed by atoms with Crippen molar-refractivity contribution in [3.8, 4) is 0 Å². The molecule has 0 fully saturated rings. The minimum Gasteiger partial charge on any atom is -0.329 e. The fraction of sp³-hybridized carbons (Fsp3) is 0.538. The maximum atomic E-state index is 6.27. The Morgan fingerprint density at radius 3 is 2.53 bits per heavy atom. The summed E-state index contributed by atoms with van der Waals surface area (Å²) in [6, 6.07) is 6.54. The highest BCUT2D eigenvalue weighted by Crippen LogP contribution is 2.30. The molecular weight excluding hydrogens is 300 g/mol. The molecule has 1 aromatic rings. The van der Waals surface area contributed by atoms with Crippen molar-refractivity contribution < 1.29 is 0 Å². The Labute approximate surface area is 117 Å². The Morgan fingerprint density at radius 2 is 2.06 bits per heavy atom. The zero-order chi connectivity index (χ0) is 13.0. The Hall–Kier alpha value is -0.0900. The van der Waals surface area contributed by atoms with Crippen LogP contribution < -0.4 is 5.73 Å². The van der Waals surface area contributed by atoms with Crippen molar-refractivity contribution in [3.05, 3.63) is 33.3 Å². The minimum atomic E-state index is 0.171. The Kier molecular flexibility index (Phi) is 5.93. The molecule has 0 saturated carbocycles. The summed E-state index contributed by atoms with van der Waals surface area (Å²) >= 11 is 9.76. The van der Waals surface area contributed by atoms with Crippen LogP contribution in [0.1, 0.15) is 32.4 Å². The van der Waals surface area contributed by atoms with Gasteiger partial charge in [-0.15, -0.1) is 0 Å². The highest BCUT2D eigenvalue weighted by atomic mass is 79.9. The van der Waals surface area contributed by atoms with Crippen molar-refractivity contribution >= 4 is 27.5 Å². The van der Waals surface area contributed by atoms with E-state index in [1.807, 2.05) is 12.1 Å². The van der Waals surface area contributed by atoms with Gasteiger partial charge in [0.1, 0.15) is 0 Å². The third kappa shape index (κ3) is 3.68. The van der Waals surface area contributed by atoms with E-state index >= 15 is 0 Å². The van der Waals surface area contributed by atoms with Crippen LogP contribution in [0, 0.1) is 0 Å². The normalized spacial score (nSPS) is 13.4. The molecule has 0 spiro atoms. The van der Waals surface area contributed by atoms with E-state index < -0.39 is 0 Å². The largest absolute Gasteiger partial charge is 0.329 e. The maximum absolute atomic E-state index is 6.27. The zero-order valence-corrected chi connectivity index (χ0v) is 12.9. The van der Waals surface area contributed by atoms with Gasteiger partial charge in [0.25, 0.3) is 0 Å². The van der Waals surface area contributed by atoms with E-state index in [2.05, 4.69) is 47.7 Å². The molecule has 0 aliphatic carbocycles. The van der Waals surface area contributed by atoms with Gasteiger partial charge in [-0.1, -0.05) is 34.5 Å². The van der Waals surface area contributed by atoms with Crippen LogP contribution in [0.4, 0.5) is 0 Å². The second-order valence-electron chi connectivity index (χ2n) is 4.34. The number of nitrogens with two attached hydrogens (primary N) is 1. The van der Waals surface area contributed by atoms with Crippen molar-refractivity contribution in [2.75, 3.05) is 13.1 Å². The van der Waals surface area contributed by atoms with Crippen molar-refractivity contribution in [1.29, 1.82) is 0 Å². The summed E-state index contributed by atoms with van der Waals surface area (Å²) in [6.45, 7) is 8.04. The quantitative estimate of drug-likeness (QED) is 0.893. The van der Waals surface area contributed by atoms with Gasteiger partial charge < -0.3 is 5.73 Å². The smallest absolute Gasteiger partial charge is 0.0488 e. The standard InChI is InChI=1S/C13H20BrClN2/c1-4-17(9(2)3)13(8-16)11-7-10(14)5-6-12(11)15/h5-7,9,13H,4,8,16H2,1-3H3. The van der Waals surface area contributed by atoms with E-state index in [-0.39, 0.29) is 6.04 Å². The summed E-state index contributed by atoms with van der Waals surface area (Å²) < 4.78 is 1.04. The molecule has 2 N–H and O–H groups in total. The number of hydrogen-bond donors (Lipinski definition) is 1. The van der Waals surface area contributed by atoms with E-state index in [4.69, 9.17) is 17.3 Å². The van der Waals surface area contributed by atoms with Gasteiger partial charge in [0.15, 0.2) is 0 Å². The molecule has 0 saturated heterocycles. The maximum Gasteiger partial charge on any atom is 0.0488 e. The van der Waals surface area contributed by atoms with E-state index in [0.29, 0.717) is 12.6 Å². The van der Waals surface area contributed by atoms with Crippen LogP contribution in [0.15, 0.2) is 22.7 Å². The van der Waals surface area contributed by atoms with Crippen LogP contribution in [0.5, 0.6) is 0 Å². The summed E-state index contributed by atoms with van der Waals surface area (Å²) in [7, 11) is 0. The van der Waals surface area contributed by atoms with Gasteiger partial charge in [0.05, 0.1) is 0 Å². The molecule has 1 rings (SSSR count). The number of rotatable bonds is 5. The average molecular weight is 320 g/mol. The van der Waals surface area contributed by atoms with Crippen LogP contribution in [-0.4, -0.2) is 24.0 Å². The molecule has 2 nitrogen and oxygen atoms in total. The number of hydrogen-bond acceptors (Lipinski definition) is 2. The lowest BCUT2D eigenvalue weighted by Crippen LogP contribution is -2.38. The molecule has 0 bridgehead atoms. The van der Waals surface area contributed by atoms with Crippen LogP contribution in [0.3, 0.4) is 0 Å². The monoisotopic (exact) mass is 318 g/mol. The summed E-state index contributed by atoms with van der Waals surface area (Å²) in [5, 5.41) is 0.780. The fourth-order valence-corrected chi connectivity index (χ4v) is 2.78. The lowest BCUT2D eigenvalue weighted by molar-refractivity contribution is 0.166. The first-order chi connectivity index (χ1) is 8.01. The highest BCUT2D eigenvalue weighted by molar-refractivity contribution is 9.10. The van der Waals surface area contributed by atoms with Crippen LogP contribution in [0.25, 0.3) is 0 Å². The van der Waals surface area contributed by atoms with Gasteiger partial charge in [0, 0.05) is 28.1 Å². The van der Waals surface area contributed by atoms with E-state index in [1.165, 1.54) is 0 Å². The first-order valence-corrected chi connectivity index (χ1v) is 7.09. The predicted molar refractivity (Wildman–Crippen MR) is 78.5 cm³/mol. The highest BCUT2D eigenvalue weighted by Gasteiger charge is 2.22. The molecule has 17 heavy (non-hydrogen) atoms. The Morgan fingerprint density at radius 1 is 1.41 bits per heavy atom. The van der Waals surface area contributed by atoms with Gasteiger partial charge in [-0.25, -0.2) is 0 Å². The fourth-order valence-electron chi connectivity index (χ4n) is 2.16. The van der Waals surface area contributed by atoms with Gasteiger partial charge in [-0.3, -0.25) is 4.90 Å². The number of nitrogens with zero attached hydrogens (tertiary/aromatic N) is 1. The number of likely N-dealkylation sites (N-methyl/N-ethyl adjacent to an activating group) is 1. The first-order valence-electron chi connectivity index (χ1n) is 5.92. The number of halogens is 2. The molecule has 0 amide bonds. The Balaban J connectivity index is 3.11. The molecule has 1 unspecified atom stereocenters. The zero-order valence-electron chi connectivity index (χ0n) is 10.6. The van der Waals surface area contributed by atoms with Gasteiger partial charge in [0.2, 0.25) is 0 Å². The summed E-state index contributed by atoms with van der Waals surface area (Å²) in [6.07, 6.45) is 0. The van der Waals surface area contributed by atoms with Gasteiger partial charge in [-0.05, 0) is 44.2 Å². The lowest BCUT2D eigenvalue weighted by atomic mass is 10.0. The van der Waals surface area contributed by atoms with E-state index in [9.17, 15) is 0 Å². The third-order valence-corrected chi connectivity index (χ3v) is 3.81. The molecule has 96 valence electrons. The van der Waals surface area contributed by atoms with E-state index in [0.717, 1.165) is 21.6 Å². The van der Waals surface area contributed by atoms with Crippen molar-refractivity contribution in [1.82, 2.24) is 4.90 Å². The predicted octanol–water partition coefficient (Wildman–Crippen LogP) is 3.83. The molecule has 1 atom stereocenters. The van der Waals surface area contributed by atoms with Crippen LogP contribution in [-0.2, 0) is 0 Å². The molecular formula is C13H20BrClN2. The first kappa shape index (κ1) is 15.0. The minimum absolute atomic E-state index is 0.171. The number of benzene rings is 1. The molecule has 0 heterocycles. The molecule has 0 radical (unpaired) electrons. The second-order valence-corrected chi connectivity index (χ2v) is 5.66. The van der Waals surface area contributed by atoms with Crippen LogP contribution in [0.2, 0.25) is 5.02 Å². The van der Waals surface area contributed by atoms with Crippen molar-refractivity contribution in [2.45, 2.75) is 32.9 Å². The molecule has 4 heteroatoms. The topological polar surface area (TPSA) is 29.3 Å². The SMILES string of the molecule is CCN(C(C)C)C(CN)c1cc(Br)ccc1Cl. The molecule has 0 aliphatic rings. The lowest BCUT2D eigenvalue weighted by Gasteiger charge is -2.34. The molecule has 0 aliphatic heterocycles. The third-order valence-electron chi connectivity index (χ3n) is 2.97. The van der Waals surface area contributed by atoms with Crippen LogP contribution >= 0.6 is 27.5 Å². The molecule has 1 aromatic carbocycles. The van der Waals surface area contributed by atoms with E-state index in [1.54, 1.807) is 0 Å². The summed E-state index contributed by atoms with van der Waals surface area (Å²) in [5.41, 5.74) is 7.02. The average Bonchev–Trinajstić information content (AvgIpc) is 2.28. The van der Waals surface area contributed by atoms with Gasteiger partial charge in [-0.2, -0.15) is 0 Å².